The number of aliphatic carboxylic acids is 1. The van der Waals surface area contributed by atoms with Crippen LogP contribution in [-0.4, -0.2) is 55.6 Å². The number of nitrogens with one attached hydrogen (secondary N) is 1. The molecule has 9 heteroatoms. The van der Waals surface area contributed by atoms with Gasteiger partial charge >= 0.3 is 5.97 Å². The number of carbonyl (C=O) groups is 3. The molecule has 9 nitrogen and oxygen atoms in total. The molecule has 3 rings (SSSR count). The van der Waals surface area contributed by atoms with Crippen molar-refractivity contribution in [2.24, 2.45) is 5.73 Å². The van der Waals surface area contributed by atoms with Crippen molar-refractivity contribution in [2.75, 3.05) is 27.8 Å². The van der Waals surface area contributed by atoms with Crippen LogP contribution >= 0.6 is 0 Å². The van der Waals surface area contributed by atoms with Crippen molar-refractivity contribution < 1.29 is 29.0 Å². The molecule has 0 saturated carbocycles. The van der Waals surface area contributed by atoms with E-state index in [2.05, 4.69) is 5.32 Å². The number of amides is 2. The third kappa shape index (κ3) is 5.95. The SMILES string of the molecule is CNCC(=O)O.COc1ccc(C(CC(N)=O)N2Cc3ccccc3C2=O)cc1OC. The molecule has 4 N–H and O–H groups in total. The van der Waals surface area contributed by atoms with E-state index in [9.17, 15) is 14.4 Å². The summed E-state index contributed by atoms with van der Waals surface area (Å²) in [7, 11) is 4.69. The Morgan fingerprint density at radius 3 is 2.35 bits per heavy atom. The molecule has 1 unspecified atom stereocenters. The van der Waals surface area contributed by atoms with E-state index in [-0.39, 0.29) is 18.9 Å². The van der Waals surface area contributed by atoms with Crippen LogP contribution < -0.4 is 20.5 Å². The number of carboxylic acid groups (broad SMARTS) is 1. The van der Waals surface area contributed by atoms with Gasteiger partial charge in [-0.1, -0.05) is 24.3 Å². The highest BCUT2D eigenvalue weighted by Gasteiger charge is 2.34. The van der Waals surface area contributed by atoms with Crippen LogP contribution in [0.3, 0.4) is 0 Å². The first-order valence-electron chi connectivity index (χ1n) is 9.57. The van der Waals surface area contributed by atoms with Gasteiger partial charge in [0.1, 0.15) is 0 Å². The van der Waals surface area contributed by atoms with Crippen molar-refractivity contribution in [3.63, 3.8) is 0 Å². The number of likely N-dealkylation sites (N-methyl/N-ethyl adjacent to an activating group) is 1. The monoisotopic (exact) mass is 429 g/mol. The normalized spacial score (nSPS) is 13.0. The van der Waals surface area contributed by atoms with Crippen LogP contribution in [0, 0.1) is 0 Å². The van der Waals surface area contributed by atoms with Gasteiger partial charge in [-0.25, -0.2) is 0 Å². The second-order valence-electron chi connectivity index (χ2n) is 6.81. The Bertz CT molecular complexity index is 947. The highest BCUT2D eigenvalue weighted by atomic mass is 16.5. The summed E-state index contributed by atoms with van der Waals surface area (Å²) in [6.45, 7) is 0.487. The molecule has 0 spiro atoms. The van der Waals surface area contributed by atoms with Crippen molar-refractivity contribution >= 4 is 17.8 Å². The first-order valence-corrected chi connectivity index (χ1v) is 9.57. The number of methoxy groups -OCH3 is 2. The van der Waals surface area contributed by atoms with Crippen LogP contribution in [0.15, 0.2) is 42.5 Å². The number of fused-ring (bicyclic) bond motifs is 1. The molecule has 0 radical (unpaired) electrons. The van der Waals surface area contributed by atoms with Crippen molar-refractivity contribution in [3.05, 3.63) is 59.2 Å². The van der Waals surface area contributed by atoms with Gasteiger partial charge in [-0.15, -0.1) is 0 Å². The standard InChI is InChI=1S/C19H20N2O4.C3H7NO2/c1-24-16-8-7-12(9-17(16)25-2)15(10-18(20)22)21-11-13-5-3-4-6-14(13)19(21)23;1-4-2-3(5)6/h3-9,15H,10-11H2,1-2H3,(H2,20,22);4H,2H2,1H3,(H,5,6). The summed E-state index contributed by atoms with van der Waals surface area (Å²) in [5, 5.41) is 10.3. The first kappa shape index (κ1) is 23.7. The molecule has 0 bridgehead atoms. The summed E-state index contributed by atoms with van der Waals surface area (Å²) < 4.78 is 10.6. The van der Waals surface area contributed by atoms with Gasteiger partial charge in [-0.3, -0.25) is 14.4 Å². The fourth-order valence-electron chi connectivity index (χ4n) is 3.34. The van der Waals surface area contributed by atoms with E-state index in [0.717, 1.165) is 11.1 Å². The molecule has 2 amide bonds. The minimum Gasteiger partial charge on any atom is -0.493 e. The Balaban J connectivity index is 0.000000501. The summed E-state index contributed by atoms with van der Waals surface area (Å²) >= 11 is 0. The van der Waals surface area contributed by atoms with Gasteiger partial charge in [-0.05, 0) is 36.4 Å². The summed E-state index contributed by atoms with van der Waals surface area (Å²) in [6, 6.07) is 12.4. The molecule has 1 aliphatic heterocycles. The van der Waals surface area contributed by atoms with Crippen LogP contribution in [0.1, 0.15) is 33.9 Å². The van der Waals surface area contributed by atoms with Crippen LogP contribution in [0.4, 0.5) is 0 Å². The number of nitrogens with zero attached hydrogens (tertiary/aromatic N) is 1. The maximum absolute atomic E-state index is 12.8. The molecule has 2 aromatic carbocycles. The second-order valence-corrected chi connectivity index (χ2v) is 6.81. The zero-order valence-electron chi connectivity index (χ0n) is 17.8. The Morgan fingerprint density at radius 1 is 1.16 bits per heavy atom. The number of carboxylic acids is 1. The van der Waals surface area contributed by atoms with E-state index in [4.69, 9.17) is 20.3 Å². The van der Waals surface area contributed by atoms with Gasteiger partial charge in [0.25, 0.3) is 5.91 Å². The number of benzene rings is 2. The van der Waals surface area contributed by atoms with E-state index in [1.54, 1.807) is 44.4 Å². The van der Waals surface area contributed by atoms with Gasteiger partial charge in [0.05, 0.1) is 33.2 Å². The largest absolute Gasteiger partial charge is 0.493 e. The van der Waals surface area contributed by atoms with Crippen molar-refractivity contribution in [1.29, 1.82) is 0 Å². The van der Waals surface area contributed by atoms with Gasteiger partial charge in [0.2, 0.25) is 5.91 Å². The highest BCUT2D eigenvalue weighted by molar-refractivity contribution is 5.98. The molecular formula is C22H27N3O6. The maximum Gasteiger partial charge on any atom is 0.317 e. The number of rotatable bonds is 8. The van der Waals surface area contributed by atoms with Crippen LogP contribution in [0.5, 0.6) is 11.5 Å². The van der Waals surface area contributed by atoms with E-state index < -0.39 is 17.9 Å². The summed E-state index contributed by atoms with van der Waals surface area (Å²) in [4.78, 5) is 35.6. The van der Waals surface area contributed by atoms with Crippen LogP contribution in [0.2, 0.25) is 0 Å². The summed E-state index contributed by atoms with van der Waals surface area (Å²) in [5.74, 6) is -0.267. The molecule has 166 valence electrons. The fraction of sp³-hybridized carbons (Fsp3) is 0.318. The zero-order valence-corrected chi connectivity index (χ0v) is 17.8. The van der Waals surface area contributed by atoms with Gasteiger partial charge in [0.15, 0.2) is 11.5 Å². The van der Waals surface area contributed by atoms with E-state index >= 15 is 0 Å². The number of nitrogens with two attached hydrogens (primary N) is 1. The third-order valence-electron chi connectivity index (χ3n) is 4.74. The van der Waals surface area contributed by atoms with Gasteiger partial charge < -0.3 is 30.5 Å². The van der Waals surface area contributed by atoms with Crippen LogP contribution in [0.25, 0.3) is 0 Å². The molecule has 1 aliphatic rings. The Labute approximate surface area is 180 Å². The lowest BCUT2D eigenvalue weighted by molar-refractivity contribution is -0.135. The molecule has 2 aromatic rings. The molecule has 0 aliphatic carbocycles. The first-order chi connectivity index (χ1) is 14.8. The average Bonchev–Trinajstić information content (AvgIpc) is 3.08. The number of hydrogen-bond acceptors (Lipinski definition) is 6. The quantitative estimate of drug-likeness (QED) is 0.580. The Hall–Kier alpha value is -3.59. The number of carbonyl (C=O) groups excluding carboxylic acids is 2. The molecule has 1 atom stereocenters. The predicted octanol–water partition coefficient (Wildman–Crippen LogP) is 1.57. The number of primary amides is 1. The van der Waals surface area contributed by atoms with Crippen molar-refractivity contribution in [3.8, 4) is 11.5 Å². The lowest BCUT2D eigenvalue weighted by Crippen LogP contribution is -2.32. The third-order valence-corrected chi connectivity index (χ3v) is 4.74. The predicted molar refractivity (Wildman–Crippen MR) is 114 cm³/mol. The lowest BCUT2D eigenvalue weighted by Gasteiger charge is -2.28. The molecule has 31 heavy (non-hydrogen) atoms. The second kappa shape index (κ2) is 11.0. The van der Waals surface area contributed by atoms with Gasteiger partial charge in [-0.2, -0.15) is 0 Å². The molecular weight excluding hydrogens is 402 g/mol. The zero-order chi connectivity index (χ0) is 23.0. The minimum atomic E-state index is -0.822. The van der Waals surface area contributed by atoms with Crippen LogP contribution in [-0.2, 0) is 16.1 Å². The summed E-state index contributed by atoms with van der Waals surface area (Å²) in [5.41, 5.74) is 7.83. The Kier molecular flexibility index (Phi) is 8.39. The van der Waals surface area contributed by atoms with Crippen molar-refractivity contribution in [1.82, 2.24) is 10.2 Å². The topological polar surface area (TPSA) is 131 Å². The minimum absolute atomic E-state index is 0.0369. The van der Waals surface area contributed by atoms with Crippen molar-refractivity contribution in [2.45, 2.75) is 19.0 Å². The molecule has 0 aromatic heterocycles. The summed E-state index contributed by atoms with van der Waals surface area (Å²) in [6.07, 6.45) is 0.0369. The van der Waals surface area contributed by atoms with E-state index in [0.29, 0.717) is 23.6 Å². The Morgan fingerprint density at radius 2 is 1.84 bits per heavy atom. The van der Waals surface area contributed by atoms with E-state index in [1.165, 1.54) is 0 Å². The lowest BCUT2D eigenvalue weighted by atomic mass is 10.0. The smallest absolute Gasteiger partial charge is 0.317 e. The average molecular weight is 429 g/mol. The highest BCUT2D eigenvalue weighted by Crippen LogP contribution is 2.37. The van der Waals surface area contributed by atoms with E-state index in [1.807, 2.05) is 24.3 Å². The molecule has 1 heterocycles. The number of ether oxygens (including phenoxy) is 2. The molecule has 0 saturated heterocycles. The number of hydrogen-bond donors (Lipinski definition) is 3. The molecule has 0 fully saturated rings. The maximum atomic E-state index is 12.8. The van der Waals surface area contributed by atoms with Gasteiger partial charge in [0, 0.05) is 12.1 Å². The fourth-order valence-corrected chi connectivity index (χ4v) is 3.34.